The molecule has 0 aromatic carbocycles. The molecule has 2 heterocycles. The van der Waals surface area contributed by atoms with E-state index in [-0.39, 0.29) is 12.1 Å². The summed E-state index contributed by atoms with van der Waals surface area (Å²) in [4.78, 5) is 6.30. The van der Waals surface area contributed by atoms with Crippen LogP contribution in [-0.4, -0.2) is 48.8 Å². The summed E-state index contributed by atoms with van der Waals surface area (Å²) in [6, 6.07) is 5.80. The van der Waals surface area contributed by atoms with E-state index in [4.69, 9.17) is 10.00 Å². The highest BCUT2D eigenvalue weighted by Crippen LogP contribution is 2.13. The van der Waals surface area contributed by atoms with Gasteiger partial charge < -0.3 is 15.0 Å². The lowest BCUT2D eigenvalue weighted by molar-refractivity contribution is -0.0259. The minimum absolute atomic E-state index is 0.180. The number of morpholine rings is 1. The molecule has 1 aromatic heterocycles. The lowest BCUT2D eigenvalue weighted by Gasteiger charge is -2.34. The topological polar surface area (TPSA) is 61.2 Å². The minimum atomic E-state index is 0.180. The van der Waals surface area contributed by atoms with E-state index in [1.807, 2.05) is 12.1 Å². The Hall–Kier alpha value is -1.64. The molecule has 2 atom stereocenters. The van der Waals surface area contributed by atoms with Crippen LogP contribution in [-0.2, 0) is 4.74 Å². The Labute approximate surface area is 107 Å². The third kappa shape index (κ3) is 3.19. The zero-order valence-electron chi connectivity index (χ0n) is 10.8. The van der Waals surface area contributed by atoms with E-state index in [9.17, 15) is 0 Å². The van der Waals surface area contributed by atoms with Gasteiger partial charge in [0.15, 0.2) is 0 Å². The summed E-state index contributed by atoms with van der Waals surface area (Å²) in [5, 5.41) is 12.0. The molecule has 18 heavy (non-hydrogen) atoms. The maximum absolute atomic E-state index is 8.68. The summed E-state index contributed by atoms with van der Waals surface area (Å²) in [6.07, 6.45) is 1.86. The molecule has 96 valence electrons. The highest BCUT2D eigenvalue weighted by molar-refractivity contribution is 5.43. The van der Waals surface area contributed by atoms with E-state index < -0.39 is 0 Å². The predicted molar refractivity (Wildman–Crippen MR) is 69.3 cm³/mol. The lowest BCUT2D eigenvalue weighted by atomic mass is 10.1. The first-order valence-corrected chi connectivity index (χ1v) is 6.12. The number of hydrogen-bond acceptors (Lipinski definition) is 5. The van der Waals surface area contributed by atoms with Crippen molar-refractivity contribution in [2.75, 3.05) is 32.1 Å². The molecule has 0 aliphatic carbocycles. The van der Waals surface area contributed by atoms with Crippen LogP contribution in [0.4, 0.5) is 5.69 Å². The van der Waals surface area contributed by atoms with Crippen molar-refractivity contribution in [3.8, 4) is 6.07 Å². The SMILES string of the molecule is CC(Nc1ccc(C#N)nc1)C1CN(C)CCO1. The number of ether oxygens (including phenoxy) is 1. The fourth-order valence-electron chi connectivity index (χ4n) is 2.01. The summed E-state index contributed by atoms with van der Waals surface area (Å²) in [7, 11) is 2.10. The zero-order chi connectivity index (χ0) is 13.0. The molecule has 0 bridgehead atoms. The first-order valence-electron chi connectivity index (χ1n) is 6.12. The van der Waals surface area contributed by atoms with Crippen LogP contribution in [0.15, 0.2) is 18.3 Å². The van der Waals surface area contributed by atoms with Crippen LogP contribution in [0.2, 0.25) is 0 Å². The van der Waals surface area contributed by atoms with Gasteiger partial charge in [0.2, 0.25) is 0 Å². The maximum Gasteiger partial charge on any atom is 0.140 e. The molecule has 5 heteroatoms. The van der Waals surface area contributed by atoms with Crippen molar-refractivity contribution in [3.63, 3.8) is 0 Å². The summed E-state index contributed by atoms with van der Waals surface area (Å²) in [5.74, 6) is 0. The van der Waals surface area contributed by atoms with E-state index in [0.29, 0.717) is 5.69 Å². The highest BCUT2D eigenvalue weighted by atomic mass is 16.5. The van der Waals surface area contributed by atoms with Crippen LogP contribution < -0.4 is 5.32 Å². The van der Waals surface area contributed by atoms with E-state index >= 15 is 0 Å². The van der Waals surface area contributed by atoms with Gasteiger partial charge in [-0.05, 0) is 26.1 Å². The standard InChI is InChI=1S/C13H18N4O/c1-10(13-9-17(2)5-6-18-13)16-12-4-3-11(7-14)15-8-12/h3-4,8,10,13,16H,5-6,9H2,1-2H3. The third-order valence-electron chi connectivity index (χ3n) is 3.13. The molecule has 1 aliphatic heterocycles. The van der Waals surface area contributed by atoms with Gasteiger partial charge >= 0.3 is 0 Å². The fourth-order valence-corrected chi connectivity index (χ4v) is 2.01. The molecular weight excluding hydrogens is 228 g/mol. The van der Waals surface area contributed by atoms with E-state index in [0.717, 1.165) is 25.4 Å². The van der Waals surface area contributed by atoms with E-state index in [1.54, 1.807) is 12.3 Å². The number of hydrogen-bond donors (Lipinski definition) is 1. The van der Waals surface area contributed by atoms with Crippen molar-refractivity contribution in [2.24, 2.45) is 0 Å². The number of rotatable bonds is 3. The van der Waals surface area contributed by atoms with Gasteiger partial charge in [-0.3, -0.25) is 0 Å². The van der Waals surface area contributed by atoms with Crippen LogP contribution in [0.3, 0.4) is 0 Å². The van der Waals surface area contributed by atoms with Crippen molar-refractivity contribution in [1.29, 1.82) is 5.26 Å². The second-order valence-corrected chi connectivity index (χ2v) is 4.65. The van der Waals surface area contributed by atoms with Gasteiger partial charge in [-0.1, -0.05) is 0 Å². The molecule has 0 saturated carbocycles. The Kier molecular flexibility index (Phi) is 4.13. The average Bonchev–Trinajstić information content (AvgIpc) is 2.39. The number of pyridine rings is 1. The molecule has 5 nitrogen and oxygen atoms in total. The zero-order valence-corrected chi connectivity index (χ0v) is 10.8. The van der Waals surface area contributed by atoms with Gasteiger partial charge in [-0.25, -0.2) is 4.98 Å². The summed E-state index contributed by atoms with van der Waals surface area (Å²) in [6.45, 7) is 4.79. The molecule has 1 aliphatic rings. The Morgan fingerprint density at radius 3 is 3.06 bits per heavy atom. The largest absolute Gasteiger partial charge is 0.379 e. The monoisotopic (exact) mass is 246 g/mol. The van der Waals surface area contributed by atoms with Gasteiger partial charge in [-0.15, -0.1) is 0 Å². The molecule has 0 radical (unpaired) electrons. The molecule has 2 unspecified atom stereocenters. The maximum atomic E-state index is 8.68. The van der Waals surface area contributed by atoms with Crippen LogP contribution >= 0.6 is 0 Å². The van der Waals surface area contributed by atoms with Gasteiger partial charge in [-0.2, -0.15) is 5.26 Å². The highest BCUT2D eigenvalue weighted by Gasteiger charge is 2.23. The molecule has 1 saturated heterocycles. The first-order chi connectivity index (χ1) is 8.69. The molecule has 1 fully saturated rings. The van der Waals surface area contributed by atoms with Crippen LogP contribution in [0.25, 0.3) is 0 Å². The van der Waals surface area contributed by atoms with Crippen molar-refractivity contribution >= 4 is 5.69 Å². The number of likely N-dealkylation sites (N-methyl/N-ethyl adjacent to an activating group) is 1. The molecule has 1 N–H and O–H groups in total. The van der Waals surface area contributed by atoms with Crippen LogP contribution in [0, 0.1) is 11.3 Å². The molecule has 0 amide bonds. The summed E-state index contributed by atoms with van der Waals surface area (Å²) in [5.41, 5.74) is 1.35. The second-order valence-electron chi connectivity index (χ2n) is 4.65. The quantitative estimate of drug-likeness (QED) is 0.865. The van der Waals surface area contributed by atoms with Crippen LogP contribution in [0.1, 0.15) is 12.6 Å². The molecular formula is C13H18N4O. The first kappa shape index (κ1) is 12.8. The Morgan fingerprint density at radius 2 is 2.44 bits per heavy atom. The number of aromatic nitrogens is 1. The van der Waals surface area contributed by atoms with Gasteiger partial charge in [0.25, 0.3) is 0 Å². The smallest absolute Gasteiger partial charge is 0.140 e. The van der Waals surface area contributed by atoms with E-state index in [2.05, 4.69) is 29.2 Å². The second kappa shape index (κ2) is 5.80. The molecule has 1 aromatic rings. The number of nitrogens with one attached hydrogen (secondary N) is 1. The third-order valence-corrected chi connectivity index (χ3v) is 3.13. The van der Waals surface area contributed by atoms with Crippen molar-refractivity contribution < 1.29 is 4.74 Å². The van der Waals surface area contributed by atoms with E-state index in [1.165, 1.54) is 0 Å². The van der Waals surface area contributed by atoms with Crippen LogP contribution in [0.5, 0.6) is 0 Å². The average molecular weight is 246 g/mol. The summed E-state index contributed by atoms with van der Waals surface area (Å²) >= 11 is 0. The van der Waals surface area contributed by atoms with Gasteiger partial charge in [0.05, 0.1) is 30.6 Å². The minimum Gasteiger partial charge on any atom is -0.379 e. The fraction of sp³-hybridized carbons (Fsp3) is 0.538. The number of nitrogens with zero attached hydrogens (tertiary/aromatic N) is 3. The number of nitriles is 1. The Bertz CT molecular complexity index is 426. The lowest BCUT2D eigenvalue weighted by Crippen LogP contribution is -2.47. The summed E-state index contributed by atoms with van der Waals surface area (Å²) < 4.78 is 5.75. The van der Waals surface area contributed by atoms with Gasteiger partial charge in [0.1, 0.15) is 11.8 Å². The van der Waals surface area contributed by atoms with Gasteiger partial charge in [0, 0.05) is 13.1 Å². The Morgan fingerprint density at radius 1 is 1.61 bits per heavy atom. The molecule has 0 spiro atoms. The normalized spacial score (nSPS) is 22.2. The Balaban J connectivity index is 1.93. The van der Waals surface area contributed by atoms with Crippen molar-refractivity contribution in [3.05, 3.63) is 24.0 Å². The van der Waals surface area contributed by atoms with Crippen molar-refractivity contribution in [1.82, 2.24) is 9.88 Å². The molecule has 2 rings (SSSR count). The van der Waals surface area contributed by atoms with Crippen molar-refractivity contribution in [2.45, 2.75) is 19.1 Å². The predicted octanol–water partition coefficient (Wildman–Crippen LogP) is 1.08. The number of anilines is 1.